The van der Waals surface area contributed by atoms with E-state index in [0.29, 0.717) is 0 Å². The van der Waals surface area contributed by atoms with E-state index in [1.807, 2.05) is 6.92 Å². The van der Waals surface area contributed by atoms with E-state index in [1.165, 1.54) is 6.42 Å². The highest BCUT2D eigenvalue weighted by Gasteiger charge is 2.16. The quantitative estimate of drug-likeness (QED) is 0.820. The summed E-state index contributed by atoms with van der Waals surface area (Å²) in [7, 11) is 2.17. The first-order chi connectivity index (χ1) is 9.19. The largest absolute Gasteiger partial charge is 0.354 e. The van der Waals surface area contributed by atoms with Gasteiger partial charge in [-0.25, -0.2) is 4.98 Å². The minimum absolute atomic E-state index is 0.766. The van der Waals surface area contributed by atoms with Crippen LogP contribution < -0.4 is 10.2 Å². The number of aromatic nitrogens is 2. The molecule has 1 fully saturated rings. The van der Waals surface area contributed by atoms with Crippen molar-refractivity contribution in [2.75, 3.05) is 50.0 Å². The van der Waals surface area contributed by atoms with Crippen LogP contribution in [-0.2, 0) is 0 Å². The van der Waals surface area contributed by atoms with Gasteiger partial charge in [-0.05, 0) is 20.4 Å². The average Bonchev–Trinajstić information content (AvgIpc) is 2.39. The molecule has 0 spiro atoms. The summed E-state index contributed by atoms with van der Waals surface area (Å²) < 4.78 is 0. The maximum Gasteiger partial charge on any atom is 0.224 e. The molecule has 1 aromatic heterocycles. The number of unbranched alkanes of at least 4 members (excludes halogenated alkanes) is 1. The van der Waals surface area contributed by atoms with Gasteiger partial charge in [0.1, 0.15) is 5.82 Å². The summed E-state index contributed by atoms with van der Waals surface area (Å²) >= 11 is 0. The van der Waals surface area contributed by atoms with E-state index in [9.17, 15) is 0 Å². The second-order valence-electron chi connectivity index (χ2n) is 5.26. The molecule has 0 aliphatic carbocycles. The third-order valence-electron chi connectivity index (χ3n) is 3.48. The number of rotatable bonds is 5. The van der Waals surface area contributed by atoms with Crippen LogP contribution in [0.2, 0.25) is 0 Å². The lowest BCUT2D eigenvalue weighted by Gasteiger charge is -2.33. The number of hydrogen-bond donors (Lipinski definition) is 1. The van der Waals surface area contributed by atoms with Crippen molar-refractivity contribution in [3.63, 3.8) is 0 Å². The molecular formula is C14H25N5. The van der Waals surface area contributed by atoms with E-state index in [-0.39, 0.29) is 0 Å². The number of hydrogen-bond acceptors (Lipinski definition) is 5. The standard InChI is InChI=1S/C14H25N5/c1-4-5-6-15-14-16-12(2)11-13(17-14)19-9-7-18(3)8-10-19/h11H,4-10H2,1-3H3,(H,15,16,17). The molecule has 106 valence electrons. The van der Waals surface area contributed by atoms with Crippen molar-refractivity contribution in [3.8, 4) is 0 Å². The Bertz CT molecular complexity index is 399. The van der Waals surface area contributed by atoms with Crippen LogP contribution in [-0.4, -0.2) is 54.6 Å². The van der Waals surface area contributed by atoms with Gasteiger partial charge in [-0.15, -0.1) is 0 Å². The molecule has 1 aromatic rings. The van der Waals surface area contributed by atoms with Crippen molar-refractivity contribution in [2.24, 2.45) is 0 Å². The van der Waals surface area contributed by atoms with Crippen LogP contribution in [0.5, 0.6) is 0 Å². The summed E-state index contributed by atoms with van der Waals surface area (Å²) in [4.78, 5) is 13.8. The van der Waals surface area contributed by atoms with Crippen LogP contribution in [0.3, 0.4) is 0 Å². The Labute approximate surface area is 116 Å². The summed E-state index contributed by atoms with van der Waals surface area (Å²) in [6, 6.07) is 2.08. The third kappa shape index (κ3) is 4.06. The molecule has 0 saturated carbocycles. The smallest absolute Gasteiger partial charge is 0.224 e. The summed E-state index contributed by atoms with van der Waals surface area (Å²) in [5, 5.41) is 3.32. The number of anilines is 2. The molecule has 1 saturated heterocycles. The Morgan fingerprint density at radius 3 is 2.63 bits per heavy atom. The number of piperazine rings is 1. The highest BCUT2D eigenvalue weighted by Crippen LogP contribution is 2.16. The van der Waals surface area contributed by atoms with Gasteiger partial charge in [0.05, 0.1) is 0 Å². The summed E-state index contributed by atoms with van der Waals surface area (Å²) in [5.41, 5.74) is 1.03. The molecule has 0 unspecified atom stereocenters. The van der Waals surface area contributed by atoms with Gasteiger partial charge in [-0.3, -0.25) is 0 Å². The minimum atomic E-state index is 0.766. The lowest BCUT2D eigenvalue weighted by atomic mass is 10.3. The van der Waals surface area contributed by atoms with Gasteiger partial charge in [0.15, 0.2) is 0 Å². The van der Waals surface area contributed by atoms with Gasteiger partial charge >= 0.3 is 0 Å². The number of aryl methyl sites for hydroxylation is 1. The Kier molecular flexibility index (Phi) is 4.96. The van der Waals surface area contributed by atoms with Crippen molar-refractivity contribution in [2.45, 2.75) is 26.7 Å². The number of nitrogens with zero attached hydrogens (tertiary/aromatic N) is 4. The number of nitrogens with one attached hydrogen (secondary N) is 1. The fourth-order valence-corrected chi connectivity index (χ4v) is 2.21. The summed E-state index contributed by atoms with van der Waals surface area (Å²) in [6.45, 7) is 9.45. The van der Waals surface area contributed by atoms with E-state index >= 15 is 0 Å². The fourth-order valence-electron chi connectivity index (χ4n) is 2.21. The molecule has 0 aromatic carbocycles. The molecule has 1 aliphatic heterocycles. The monoisotopic (exact) mass is 263 g/mol. The average molecular weight is 263 g/mol. The van der Waals surface area contributed by atoms with Crippen molar-refractivity contribution in [1.82, 2.24) is 14.9 Å². The predicted molar refractivity (Wildman–Crippen MR) is 79.9 cm³/mol. The first kappa shape index (κ1) is 14.1. The lowest BCUT2D eigenvalue weighted by Crippen LogP contribution is -2.44. The van der Waals surface area contributed by atoms with Crippen molar-refractivity contribution >= 4 is 11.8 Å². The molecule has 0 atom stereocenters. The molecular weight excluding hydrogens is 238 g/mol. The minimum Gasteiger partial charge on any atom is -0.354 e. The zero-order valence-electron chi connectivity index (χ0n) is 12.3. The third-order valence-corrected chi connectivity index (χ3v) is 3.48. The topological polar surface area (TPSA) is 44.3 Å². The molecule has 2 heterocycles. The van der Waals surface area contributed by atoms with Crippen LogP contribution in [0.1, 0.15) is 25.5 Å². The van der Waals surface area contributed by atoms with E-state index < -0.39 is 0 Å². The second kappa shape index (κ2) is 6.70. The molecule has 5 heteroatoms. The summed E-state index contributed by atoms with van der Waals surface area (Å²) in [6.07, 6.45) is 2.34. The molecule has 5 nitrogen and oxygen atoms in total. The van der Waals surface area contributed by atoms with Crippen molar-refractivity contribution in [1.29, 1.82) is 0 Å². The van der Waals surface area contributed by atoms with E-state index in [4.69, 9.17) is 0 Å². The van der Waals surface area contributed by atoms with Gasteiger partial charge in [-0.1, -0.05) is 13.3 Å². The normalized spacial score (nSPS) is 16.7. The highest BCUT2D eigenvalue weighted by atomic mass is 15.3. The van der Waals surface area contributed by atoms with E-state index in [1.54, 1.807) is 0 Å². The molecule has 1 aliphatic rings. The van der Waals surface area contributed by atoms with E-state index in [2.05, 4.69) is 45.1 Å². The van der Waals surface area contributed by atoms with Crippen LogP contribution in [0, 0.1) is 6.92 Å². The molecule has 19 heavy (non-hydrogen) atoms. The first-order valence-electron chi connectivity index (χ1n) is 7.22. The van der Waals surface area contributed by atoms with Crippen LogP contribution >= 0.6 is 0 Å². The fraction of sp³-hybridized carbons (Fsp3) is 0.714. The van der Waals surface area contributed by atoms with Crippen molar-refractivity contribution < 1.29 is 0 Å². The first-order valence-corrected chi connectivity index (χ1v) is 7.22. The van der Waals surface area contributed by atoms with Gasteiger partial charge in [0.2, 0.25) is 5.95 Å². The summed E-state index contributed by atoms with van der Waals surface area (Å²) in [5.74, 6) is 1.82. The van der Waals surface area contributed by atoms with E-state index in [0.717, 1.165) is 56.6 Å². The Morgan fingerprint density at radius 1 is 1.21 bits per heavy atom. The maximum absolute atomic E-state index is 4.64. The highest BCUT2D eigenvalue weighted by molar-refractivity contribution is 5.45. The predicted octanol–water partition coefficient (Wildman–Crippen LogP) is 1.75. The second-order valence-corrected chi connectivity index (χ2v) is 5.26. The van der Waals surface area contributed by atoms with Crippen LogP contribution in [0.15, 0.2) is 6.07 Å². The van der Waals surface area contributed by atoms with Gasteiger partial charge < -0.3 is 15.1 Å². The number of likely N-dealkylation sites (N-methyl/N-ethyl adjacent to an activating group) is 1. The molecule has 0 radical (unpaired) electrons. The Balaban J connectivity index is 2.03. The molecule has 0 bridgehead atoms. The Morgan fingerprint density at radius 2 is 1.95 bits per heavy atom. The van der Waals surface area contributed by atoms with Gasteiger partial charge in [0.25, 0.3) is 0 Å². The maximum atomic E-state index is 4.64. The SMILES string of the molecule is CCCCNc1nc(C)cc(N2CCN(C)CC2)n1. The molecule has 0 amide bonds. The zero-order valence-corrected chi connectivity index (χ0v) is 12.3. The molecule has 2 rings (SSSR count). The van der Waals surface area contributed by atoms with Gasteiger partial charge in [0, 0.05) is 44.5 Å². The van der Waals surface area contributed by atoms with Gasteiger partial charge in [-0.2, -0.15) is 4.98 Å². The zero-order chi connectivity index (χ0) is 13.7. The Hall–Kier alpha value is -1.36. The van der Waals surface area contributed by atoms with Crippen LogP contribution in [0.4, 0.5) is 11.8 Å². The van der Waals surface area contributed by atoms with Crippen molar-refractivity contribution in [3.05, 3.63) is 11.8 Å². The lowest BCUT2D eigenvalue weighted by molar-refractivity contribution is 0.312. The molecule has 1 N–H and O–H groups in total. The van der Waals surface area contributed by atoms with Crippen LogP contribution in [0.25, 0.3) is 0 Å².